The van der Waals surface area contributed by atoms with E-state index in [4.69, 9.17) is 11.5 Å². The molecule has 2 nitrogen and oxygen atoms in total. The van der Waals surface area contributed by atoms with Gasteiger partial charge in [0.1, 0.15) is 0 Å². The van der Waals surface area contributed by atoms with Crippen LogP contribution in [0.1, 0.15) is 26.3 Å². The Morgan fingerprint density at radius 2 is 1.39 bits per heavy atom. The van der Waals surface area contributed by atoms with E-state index in [2.05, 4.69) is 63.2 Å². The fraction of sp³-hybridized carbons (Fsp3) is 0.167. The van der Waals surface area contributed by atoms with Crippen LogP contribution in [0.2, 0.25) is 0 Å². The highest BCUT2D eigenvalue weighted by molar-refractivity contribution is 7.36. The summed E-state index contributed by atoms with van der Waals surface area (Å²) in [5.74, 6) is 0. The van der Waals surface area contributed by atoms with Crippen LogP contribution in [-0.4, -0.2) is 0 Å². The normalized spacial score (nSPS) is 12.4. The van der Waals surface area contributed by atoms with Crippen molar-refractivity contribution in [2.75, 3.05) is 11.5 Å². The minimum absolute atomic E-state index is 0.141. The lowest BCUT2D eigenvalue weighted by Crippen LogP contribution is -2.10. The van der Waals surface area contributed by atoms with Gasteiger partial charge in [0.05, 0.1) is 9.40 Å². The molecule has 0 saturated heterocycles. The van der Waals surface area contributed by atoms with Crippen LogP contribution in [0, 0.1) is 0 Å². The van der Waals surface area contributed by atoms with Crippen molar-refractivity contribution in [3.63, 3.8) is 0 Å². The number of nitrogens with two attached hydrogens (primary N) is 2. The Morgan fingerprint density at radius 3 is 2.11 bits per heavy atom. The smallest absolute Gasteiger partial charge is 0.0542 e. The SMILES string of the molecule is CC(C)(C)c1ccc(-c2c(N)ccc3c2sc2c4ccc(N)cc4sc32)cc1. The summed E-state index contributed by atoms with van der Waals surface area (Å²) in [6, 6.07) is 19.3. The zero-order chi connectivity index (χ0) is 19.6. The average Bonchev–Trinajstić information content (AvgIpc) is 3.16. The predicted octanol–water partition coefficient (Wildman–Crippen LogP) is 7.40. The summed E-state index contributed by atoms with van der Waals surface area (Å²) in [5, 5.41) is 2.56. The van der Waals surface area contributed by atoms with Crippen molar-refractivity contribution in [3.05, 3.63) is 60.2 Å². The molecule has 0 unspecified atom stereocenters. The van der Waals surface area contributed by atoms with Crippen molar-refractivity contribution in [1.29, 1.82) is 0 Å². The first-order valence-electron chi connectivity index (χ1n) is 9.36. The topological polar surface area (TPSA) is 52.0 Å². The summed E-state index contributed by atoms with van der Waals surface area (Å²) >= 11 is 3.66. The van der Waals surface area contributed by atoms with Crippen molar-refractivity contribution in [1.82, 2.24) is 0 Å². The lowest BCUT2D eigenvalue weighted by molar-refractivity contribution is 0.590. The first-order valence-corrected chi connectivity index (χ1v) is 11.0. The minimum Gasteiger partial charge on any atom is -0.399 e. The Bertz CT molecular complexity index is 1350. The van der Waals surface area contributed by atoms with Crippen LogP contribution in [-0.2, 0) is 5.41 Å². The fourth-order valence-corrected chi connectivity index (χ4v) is 6.66. The molecule has 0 atom stereocenters. The van der Waals surface area contributed by atoms with Crippen molar-refractivity contribution in [3.8, 4) is 11.1 Å². The van der Waals surface area contributed by atoms with Gasteiger partial charge in [-0.05, 0) is 40.8 Å². The Morgan fingerprint density at radius 1 is 0.714 bits per heavy atom. The highest BCUT2D eigenvalue weighted by Gasteiger charge is 2.18. The number of thiophene rings is 2. The van der Waals surface area contributed by atoms with Gasteiger partial charge in [0.25, 0.3) is 0 Å². The third-order valence-electron chi connectivity index (χ3n) is 5.35. The van der Waals surface area contributed by atoms with E-state index in [1.807, 2.05) is 34.8 Å². The molecule has 2 aromatic heterocycles. The van der Waals surface area contributed by atoms with Crippen LogP contribution in [0.15, 0.2) is 54.6 Å². The number of hydrogen-bond acceptors (Lipinski definition) is 4. The molecule has 0 radical (unpaired) electrons. The molecule has 4 N–H and O–H groups in total. The van der Waals surface area contributed by atoms with E-state index in [9.17, 15) is 0 Å². The molecule has 0 bridgehead atoms. The molecule has 5 rings (SSSR count). The highest BCUT2D eigenvalue weighted by atomic mass is 32.1. The fourth-order valence-electron chi connectivity index (χ4n) is 3.79. The van der Waals surface area contributed by atoms with Gasteiger partial charge in [0, 0.05) is 37.1 Å². The lowest BCUT2D eigenvalue weighted by Gasteiger charge is -2.19. The second-order valence-electron chi connectivity index (χ2n) is 8.35. The van der Waals surface area contributed by atoms with Gasteiger partial charge in [-0.25, -0.2) is 0 Å². The van der Waals surface area contributed by atoms with Gasteiger partial charge in [0.2, 0.25) is 0 Å². The average molecular weight is 403 g/mol. The maximum atomic E-state index is 6.46. The second kappa shape index (κ2) is 5.97. The van der Waals surface area contributed by atoms with E-state index in [0.29, 0.717) is 0 Å². The Balaban J connectivity index is 1.78. The van der Waals surface area contributed by atoms with Crippen LogP contribution >= 0.6 is 22.7 Å². The van der Waals surface area contributed by atoms with Gasteiger partial charge >= 0.3 is 0 Å². The molecule has 0 saturated carbocycles. The number of nitrogen functional groups attached to an aromatic ring is 2. The molecule has 28 heavy (non-hydrogen) atoms. The third-order valence-corrected chi connectivity index (χ3v) is 7.92. The van der Waals surface area contributed by atoms with Gasteiger partial charge in [-0.2, -0.15) is 0 Å². The predicted molar refractivity (Wildman–Crippen MR) is 128 cm³/mol. The van der Waals surface area contributed by atoms with Crippen LogP contribution in [0.5, 0.6) is 0 Å². The molecule has 2 heterocycles. The summed E-state index contributed by atoms with van der Waals surface area (Å²) < 4.78 is 5.17. The van der Waals surface area contributed by atoms with E-state index >= 15 is 0 Å². The van der Waals surface area contributed by atoms with E-state index < -0.39 is 0 Å². The molecule has 140 valence electrons. The zero-order valence-corrected chi connectivity index (χ0v) is 17.8. The number of benzene rings is 3. The largest absolute Gasteiger partial charge is 0.399 e. The molecule has 0 amide bonds. The van der Waals surface area contributed by atoms with Gasteiger partial charge in [-0.1, -0.05) is 51.1 Å². The molecule has 0 aliphatic carbocycles. The van der Waals surface area contributed by atoms with Crippen molar-refractivity contribution < 1.29 is 0 Å². The summed E-state index contributed by atoms with van der Waals surface area (Å²) in [7, 11) is 0. The Hall–Kier alpha value is -2.56. The van der Waals surface area contributed by atoms with Gasteiger partial charge in [-0.15, -0.1) is 22.7 Å². The summed E-state index contributed by atoms with van der Waals surface area (Å²) in [6.07, 6.45) is 0. The van der Waals surface area contributed by atoms with Crippen LogP contribution in [0.3, 0.4) is 0 Å². The first kappa shape index (κ1) is 17.5. The molecule has 3 aromatic carbocycles. The van der Waals surface area contributed by atoms with Crippen molar-refractivity contribution in [2.24, 2.45) is 0 Å². The molecule has 5 aromatic rings. The molecular weight excluding hydrogens is 380 g/mol. The lowest BCUT2D eigenvalue weighted by atomic mass is 9.86. The monoisotopic (exact) mass is 402 g/mol. The standard InChI is InChI=1S/C24H22N2S2/c1-24(2,3)14-6-4-13(5-7-14)20-18(26)11-10-17-21(20)28-22-16-9-8-15(25)12-19(16)27-23(17)22/h4-12H,25-26H2,1-3H3. The molecule has 0 fully saturated rings. The number of fused-ring (bicyclic) bond motifs is 5. The number of rotatable bonds is 1. The molecular formula is C24H22N2S2. The number of hydrogen-bond donors (Lipinski definition) is 2. The first-order chi connectivity index (χ1) is 13.3. The third kappa shape index (κ3) is 2.60. The minimum atomic E-state index is 0.141. The van der Waals surface area contributed by atoms with Gasteiger partial charge in [-0.3, -0.25) is 0 Å². The summed E-state index contributed by atoms with van der Waals surface area (Å²) in [6.45, 7) is 6.72. The molecule has 0 spiro atoms. The molecule has 0 aliphatic rings. The maximum Gasteiger partial charge on any atom is 0.0542 e. The van der Waals surface area contributed by atoms with Crippen molar-refractivity contribution in [2.45, 2.75) is 26.2 Å². The maximum absolute atomic E-state index is 6.46. The summed E-state index contributed by atoms with van der Waals surface area (Å²) in [5.41, 5.74) is 17.9. The van der Waals surface area contributed by atoms with E-state index in [1.54, 1.807) is 0 Å². The molecule has 4 heteroatoms. The van der Waals surface area contributed by atoms with Gasteiger partial charge < -0.3 is 11.5 Å². The van der Waals surface area contributed by atoms with E-state index in [0.717, 1.165) is 16.9 Å². The summed E-state index contributed by atoms with van der Waals surface area (Å²) in [4.78, 5) is 0. The van der Waals surface area contributed by atoms with Crippen LogP contribution in [0.4, 0.5) is 11.4 Å². The van der Waals surface area contributed by atoms with Crippen molar-refractivity contribution >= 4 is 63.6 Å². The van der Waals surface area contributed by atoms with Crippen LogP contribution in [0.25, 0.3) is 40.7 Å². The van der Waals surface area contributed by atoms with Crippen LogP contribution < -0.4 is 11.5 Å². The Labute approximate surface area is 172 Å². The zero-order valence-electron chi connectivity index (χ0n) is 16.2. The van der Waals surface area contributed by atoms with E-state index in [1.165, 1.54) is 40.7 Å². The second-order valence-corrected chi connectivity index (χ2v) is 10.4. The highest BCUT2D eigenvalue weighted by Crippen LogP contribution is 2.48. The quantitative estimate of drug-likeness (QED) is 0.287. The molecule has 0 aliphatic heterocycles. The Kier molecular flexibility index (Phi) is 3.74. The van der Waals surface area contributed by atoms with Gasteiger partial charge in [0.15, 0.2) is 0 Å². The number of anilines is 2. The van der Waals surface area contributed by atoms with E-state index in [-0.39, 0.29) is 5.41 Å².